The summed E-state index contributed by atoms with van der Waals surface area (Å²) in [6.45, 7) is 8.12. The van der Waals surface area contributed by atoms with Gasteiger partial charge < -0.3 is 0 Å². The average molecular weight is 185 g/mol. The first-order valence-corrected chi connectivity index (χ1v) is 4.28. The van der Waals surface area contributed by atoms with Gasteiger partial charge in [0.2, 0.25) is 0 Å². The molecule has 0 spiro atoms. The summed E-state index contributed by atoms with van der Waals surface area (Å²) in [6, 6.07) is 0. The molecule has 0 aromatic carbocycles. The van der Waals surface area contributed by atoms with E-state index in [0.717, 1.165) is 11.5 Å². The van der Waals surface area contributed by atoms with E-state index in [-0.39, 0.29) is 5.41 Å². The number of halogens is 1. The fourth-order valence-corrected chi connectivity index (χ4v) is 1.36. The van der Waals surface area contributed by atoms with Crippen LogP contribution in [0.25, 0.3) is 0 Å². The molecule has 12 heavy (non-hydrogen) atoms. The predicted octanol–water partition coefficient (Wildman–Crippen LogP) is 2.74. The van der Waals surface area contributed by atoms with Gasteiger partial charge in [-0.15, -0.1) is 0 Å². The average Bonchev–Trinajstić information content (AvgIpc) is 1.92. The Kier molecular flexibility index (Phi) is 2.38. The second kappa shape index (κ2) is 3.02. The monoisotopic (exact) mass is 184 g/mol. The van der Waals surface area contributed by atoms with Crippen LogP contribution in [0.2, 0.25) is 5.02 Å². The quantitative estimate of drug-likeness (QED) is 0.620. The molecule has 0 atom stereocenters. The Hall–Kier alpha value is -0.630. The maximum atomic E-state index is 5.96. The van der Waals surface area contributed by atoms with Crippen LogP contribution in [0.3, 0.4) is 0 Å². The van der Waals surface area contributed by atoms with E-state index in [2.05, 4.69) is 30.7 Å². The van der Waals surface area contributed by atoms with Crippen LogP contribution in [0.1, 0.15) is 32.3 Å². The Morgan fingerprint density at radius 1 is 1.33 bits per heavy atom. The van der Waals surface area contributed by atoms with E-state index in [1.54, 1.807) is 6.20 Å². The summed E-state index contributed by atoms with van der Waals surface area (Å²) in [5.41, 5.74) is 0.904. The third-order valence-corrected chi connectivity index (χ3v) is 1.85. The third-order valence-electron chi connectivity index (χ3n) is 1.57. The van der Waals surface area contributed by atoms with Crippen LogP contribution in [0, 0.1) is 6.92 Å². The van der Waals surface area contributed by atoms with Crippen molar-refractivity contribution < 1.29 is 0 Å². The second-order valence-corrected chi connectivity index (χ2v) is 4.27. The number of hydrogen-bond donors (Lipinski definition) is 0. The highest BCUT2D eigenvalue weighted by Crippen LogP contribution is 2.26. The van der Waals surface area contributed by atoms with E-state index in [9.17, 15) is 0 Å². The second-order valence-electron chi connectivity index (χ2n) is 3.86. The third kappa shape index (κ3) is 1.95. The van der Waals surface area contributed by atoms with Crippen molar-refractivity contribution in [2.45, 2.75) is 33.1 Å². The Bertz CT molecular complexity index is 289. The van der Waals surface area contributed by atoms with Gasteiger partial charge in [0, 0.05) is 11.6 Å². The molecule has 0 radical (unpaired) electrons. The SMILES string of the molecule is Cc1ncc(Cl)c(C(C)(C)C)n1. The first-order chi connectivity index (χ1) is 5.41. The van der Waals surface area contributed by atoms with Gasteiger partial charge in [-0.05, 0) is 6.92 Å². The van der Waals surface area contributed by atoms with Crippen LogP contribution < -0.4 is 0 Å². The van der Waals surface area contributed by atoms with Crippen molar-refractivity contribution in [1.29, 1.82) is 0 Å². The molecular formula is C9H13ClN2. The Morgan fingerprint density at radius 2 is 1.92 bits per heavy atom. The summed E-state index contributed by atoms with van der Waals surface area (Å²) in [5, 5.41) is 0.646. The lowest BCUT2D eigenvalue weighted by Crippen LogP contribution is -2.15. The summed E-state index contributed by atoms with van der Waals surface area (Å²) >= 11 is 5.96. The maximum absolute atomic E-state index is 5.96. The Balaban J connectivity index is 3.23. The molecule has 1 aromatic rings. The molecular weight excluding hydrogens is 172 g/mol. The van der Waals surface area contributed by atoms with Crippen molar-refractivity contribution in [2.24, 2.45) is 0 Å². The van der Waals surface area contributed by atoms with Crippen molar-refractivity contribution in [3.8, 4) is 0 Å². The number of rotatable bonds is 0. The fraction of sp³-hybridized carbons (Fsp3) is 0.556. The van der Waals surface area contributed by atoms with E-state index in [1.165, 1.54) is 0 Å². The first kappa shape index (κ1) is 9.46. The van der Waals surface area contributed by atoms with E-state index >= 15 is 0 Å². The standard InChI is InChI=1S/C9H13ClN2/c1-6-11-5-7(10)8(12-6)9(2,3)4/h5H,1-4H3. The largest absolute Gasteiger partial charge is 0.240 e. The molecule has 1 aromatic heterocycles. The molecule has 0 aliphatic carbocycles. The summed E-state index contributed by atoms with van der Waals surface area (Å²) in [6.07, 6.45) is 1.66. The zero-order valence-electron chi connectivity index (χ0n) is 7.85. The lowest BCUT2D eigenvalue weighted by atomic mass is 9.92. The molecule has 0 saturated carbocycles. The summed E-state index contributed by atoms with van der Waals surface area (Å²) in [4.78, 5) is 8.31. The summed E-state index contributed by atoms with van der Waals surface area (Å²) in [7, 11) is 0. The highest BCUT2D eigenvalue weighted by atomic mass is 35.5. The molecule has 1 heterocycles. The van der Waals surface area contributed by atoms with Gasteiger partial charge in [-0.3, -0.25) is 0 Å². The predicted molar refractivity (Wildman–Crippen MR) is 50.5 cm³/mol. The van der Waals surface area contributed by atoms with E-state index in [1.807, 2.05) is 6.92 Å². The minimum absolute atomic E-state index is 0.00914. The number of hydrogen-bond acceptors (Lipinski definition) is 2. The van der Waals surface area contributed by atoms with Crippen LogP contribution >= 0.6 is 11.6 Å². The van der Waals surface area contributed by atoms with Crippen molar-refractivity contribution in [3.63, 3.8) is 0 Å². The van der Waals surface area contributed by atoms with E-state index in [0.29, 0.717) is 5.02 Å². The van der Waals surface area contributed by atoms with E-state index < -0.39 is 0 Å². The van der Waals surface area contributed by atoms with Gasteiger partial charge in [0.1, 0.15) is 5.82 Å². The summed E-state index contributed by atoms with van der Waals surface area (Å²) < 4.78 is 0. The fourth-order valence-electron chi connectivity index (χ4n) is 0.981. The van der Waals surface area contributed by atoms with Crippen LogP contribution in [-0.2, 0) is 5.41 Å². The molecule has 0 aliphatic rings. The molecule has 0 fully saturated rings. The zero-order chi connectivity index (χ0) is 9.35. The number of nitrogens with zero attached hydrogens (tertiary/aromatic N) is 2. The molecule has 0 saturated heterocycles. The molecule has 2 nitrogen and oxygen atoms in total. The van der Waals surface area contributed by atoms with Crippen molar-refractivity contribution in [1.82, 2.24) is 9.97 Å². The molecule has 1 rings (SSSR count). The van der Waals surface area contributed by atoms with Gasteiger partial charge in [-0.1, -0.05) is 32.4 Å². The number of aryl methyl sites for hydroxylation is 1. The van der Waals surface area contributed by atoms with Gasteiger partial charge in [0.05, 0.1) is 10.7 Å². The van der Waals surface area contributed by atoms with Crippen LogP contribution in [-0.4, -0.2) is 9.97 Å². The molecule has 0 amide bonds. The molecule has 0 N–H and O–H groups in total. The lowest BCUT2D eigenvalue weighted by Gasteiger charge is -2.18. The van der Waals surface area contributed by atoms with Gasteiger partial charge in [-0.25, -0.2) is 9.97 Å². The molecule has 66 valence electrons. The Labute approximate surface area is 78.0 Å². The van der Waals surface area contributed by atoms with Crippen LogP contribution in [0.5, 0.6) is 0 Å². The topological polar surface area (TPSA) is 25.8 Å². The highest BCUT2D eigenvalue weighted by Gasteiger charge is 2.19. The Morgan fingerprint density at radius 3 is 2.33 bits per heavy atom. The minimum Gasteiger partial charge on any atom is -0.240 e. The van der Waals surface area contributed by atoms with Gasteiger partial charge in [0.25, 0.3) is 0 Å². The van der Waals surface area contributed by atoms with Gasteiger partial charge >= 0.3 is 0 Å². The van der Waals surface area contributed by atoms with Crippen LogP contribution in [0.4, 0.5) is 0 Å². The summed E-state index contributed by atoms with van der Waals surface area (Å²) in [5.74, 6) is 0.768. The lowest BCUT2D eigenvalue weighted by molar-refractivity contribution is 0.564. The maximum Gasteiger partial charge on any atom is 0.125 e. The van der Waals surface area contributed by atoms with Crippen molar-refractivity contribution in [2.75, 3.05) is 0 Å². The van der Waals surface area contributed by atoms with Gasteiger partial charge in [-0.2, -0.15) is 0 Å². The molecule has 3 heteroatoms. The van der Waals surface area contributed by atoms with Crippen molar-refractivity contribution >= 4 is 11.6 Å². The molecule has 0 unspecified atom stereocenters. The number of aromatic nitrogens is 2. The normalized spacial score (nSPS) is 11.8. The molecule has 0 aliphatic heterocycles. The van der Waals surface area contributed by atoms with Crippen LogP contribution in [0.15, 0.2) is 6.20 Å². The zero-order valence-corrected chi connectivity index (χ0v) is 8.61. The minimum atomic E-state index is -0.00914. The highest BCUT2D eigenvalue weighted by molar-refractivity contribution is 6.31. The first-order valence-electron chi connectivity index (χ1n) is 3.91. The molecule has 0 bridgehead atoms. The van der Waals surface area contributed by atoms with Crippen molar-refractivity contribution in [3.05, 3.63) is 22.7 Å². The smallest absolute Gasteiger partial charge is 0.125 e. The van der Waals surface area contributed by atoms with Gasteiger partial charge in [0.15, 0.2) is 0 Å². The van der Waals surface area contributed by atoms with E-state index in [4.69, 9.17) is 11.6 Å².